The molecule has 0 aliphatic carbocycles. The third kappa shape index (κ3) is 9.41. The van der Waals surface area contributed by atoms with E-state index in [2.05, 4.69) is 17.4 Å². The van der Waals surface area contributed by atoms with Gasteiger partial charge in [0.25, 0.3) is 0 Å². The van der Waals surface area contributed by atoms with Crippen LogP contribution < -0.4 is 19.5 Å². The van der Waals surface area contributed by atoms with Crippen LogP contribution in [0.3, 0.4) is 0 Å². The number of rotatable bonds is 17. The fraction of sp³-hybridized carbons (Fsp3) is 0.405. The summed E-state index contributed by atoms with van der Waals surface area (Å²) in [5.41, 5.74) is 2.82. The normalized spacial score (nSPS) is 18.6. The van der Waals surface area contributed by atoms with Gasteiger partial charge in [-0.3, -0.25) is 0 Å². The number of aliphatic hydroxyl groups is 2. The quantitative estimate of drug-likeness (QED) is 0.136. The number of hydrogen-bond donors (Lipinski definition) is 3. The lowest BCUT2D eigenvalue weighted by atomic mass is 9.85. The Labute approximate surface area is 275 Å². The number of benzene rings is 4. The van der Waals surface area contributed by atoms with Gasteiger partial charge < -0.3 is 44.0 Å². The van der Waals surface area contributed by atoms with Gasteiger partial charge in [-0.1, -0.05) is 42.5 Å². The van der Waals surface area contributed by atoms with E-state index in [1.54, 1.807) is 13.2 Å². The molecule has 3 N–H and O–H groups in total. The molecule has 1 aliphatic rings. The Kier molecular flexibility index (Phi) is 12.8. The maximum atomic E-state index is 13.4. The van der Waals surface area contributed by atoms with Crippen LogP contribution in [-0.2, 0) is 27.4 Å². The van der Waals surface area contributed by atoms with Gasteiger partial charge in [-0.05, 0) is 46.8 Å². The Bertz CT molecular complexity index is 1550. The molecule has 4 aromatic rings. The molecule has 5 rings (SSSR count). The van der Waals surface area contributed by atoms with Crippen molar-refractivity contribution in [2.45, 2.75) is 43.9 Å². The lowest BCUT2D eigenvalue weighted by molar-refractivity contribution is -0.0833. The first-order chi connectivity index (χ1) is 23.0. The van der Waals surface area contributed by atoms with Crippen LogP contribution in [0.5, 0.6) is 17.2 Å². The minimum Gasteiger partial charge on any atom is -0.496 e. The summed E-state index contributed by atoms with van der Waals surface area (Å²) in [7, 11) is 3.18. The molecule has 0 radical (unpaired) electrons. The van der Waals surface area contributed by atoms with Gasteiger partial charge in [-0.2, -0.15) is 0 Å². The zero-order valence-electron chi connectivity index (χ0n) is 26.9. The molecular weight excluding hydrogens is 605 g/mol. The molecule has 1 unspecified atom stereocenters. The Morgan fingerprint density at radius 2 is 1.62 bits per heavy atom. The first-order valence-electron chi connectivity index (χ1n) is 15.9. The molecule has 47 heavy (non-hydrogen) atoms. The highest BCUT2D eigenvalue weighted by Crippen LogP contribution is 2.33. The smallest absolute Gasteiger partial charge is 0.127 e. The van der Waals surface area contributed by atoms with Crippen LogP contribution in [0.15, 0.2) is 78.9 Å². The molecule has 0 amide bonds. The first kappa shape index (κ1) is 34.6. The van der Waals surface area contributed by atoms with Gasteiger partial charge in [0, 0.05) is 42.4 Å². The lowest BCUT2D eigenvalue weighted by Gasteiger charge is -2.39. The zero-order chi connectivity index (χ0) is 33.0. The summed E-state index contributed by atoms with van der Waals surface area (Å²) >= 11 is 0. The summed E-state index contributed by atoms with van der Waals surface area (Å²) in [6.07, 6.45) is -0.789. The molecule has 4 atom stereocenters. The number of halogens is 1. The molecule has 1 heterocycles. The van der Waals surface area contributed by atoms with E-state index in [-0.39, 0.29) is 37.2 Å². The van der Waals surface area contributed by atoms with Crippen molar-refractivity contribution < 1.29 is 43.0 Å². The van der Waals surface area contributed by atoms with Crippen molar-refractivity contribution in [3.63, 3.8) is 0 Å². The average Bonchev–Trinajstić information content (AvgIpc) is 3.11. The van der Waals surface area contributed by atoms with Gasteiger partial charge in [0.05, 0.1) is 66.1 Å². The maximum Gasteiger partial charge on any atom is 0.127 e. The molecule has 0 aromatic heterocycles. The largest absolute Gasteiger partial charge is 0.496 e. The van der Waals surface area contributed by atoms with Crippen molar-refractivity contribution in [3.8, 4) is 17.2 Å². The molecule has 9 nitrogen and oxygen atoms in total. The lowest BCUT2D eigenvalue weighted by Crippen LogP contribution is -2.51. The van der Waals surface area contributed by atoms with E-state index >= 15 is 0 Å². The standard InChI is InChI=1S/C37H44FNO8/c1-42-33-18-29(38)11-8-28(33)23-44-14-5-15-45-31-12-9-26(10-13-31)37-35(19-39-20-36(37)47-24-30(41)21-40)46-22-25-16-27-6-3-4-7-32(27)34(17-25)43-2/h3-4,6-13,16-18,30,35-37,39-41H,5,14-15,19-24H2,1-2H3/t30?,35-,36+,37+/m0/s1. The van der Waals surface area contributed by atoms with Crippen molar-refractivity contribution in [1.82, 2.24) is 5.32 Å². The molecule has 0 saturated carbocycles. The monoisotopic (exact) mass is 649 g/mol. The van der Waals surface area contributed by atoms with Crippen molar-refractivity contribution in [3.05, 3.63) is 101 Å². The Morgan fingerprint density at radius 3 is 2.38 bits per heavy atom. The Balaban J connectivity index is 1.20. The fourth-order valence-corrected chi connectivity index (χ4v) is 5.85. The molecule has 10 heteroatoms. The van der Waals surface area contributed by atoms with Crippen LogP contribution in [0, 0.1) is 5.82 Å². The second-order valence-electron chi connectivity index (χ2n) is 11.5. The SMILES string of the molecule is COc1cc(F)ccc1COCCCOc1ccc([C@@H]2[C@@H](OCc3cc(OC)c4ccccc4c3)CNC[C@H]2OCC(O)CO)cc1. The number of aliphatic hydroxyl groups excluding tert-OH is 2. The molecule has 1 aliphatic heterocycles. The number of piperidine rings is 1. The van der Waals surface area contributed by atoms with E-state index in [0.29, 0.717) is 51.7 Å². The summed E-state index contributed by atoms with van der Waals surface area (Å²) < 4.78 is 48.7. The number of fused-ring (bicyclic) bond motifs is 1. The van der Waals surface area contributed by atoms with E-state index in [4.69, 9.17) is 28.4 Å². The summed E-state index contributed by atoms with van der Waals surface area (Å²) in [6, 6.07) is 24.5. The van der Waals surface area contributed by atoms with Crippen LogP contribution in [0.4, 0.5) is 4.39 Å². The van der Waals surface area contributed by atoms with Gasteiger partial charge in [0.1, 0.15) is 29.2 Å². The molecule has 0 bridgehead atoms. The van der Waals surface area contributed by atoms with Crippen molar-refractivity contribution in [2.24, 2.45) is 0 Å². The predicted octanol–water partition coefficient (Wildman–Crippen LogP) is 4.99. The Morgan fingerprint density at radius 1 is 0.851 bits per heavy atom. The second kappa shape index (κ2) is 17.4. The van der Waals surface area contributed by atoms with E-state index in [9.17, 15) is 14.6 Å². The fourth-order valence-electron chi connectivity index (χ4n) is 5.85. The van der Waals surface area contributed by atoms with E-state index < -0.39 is 6.10 Å². The number of hydrogen-bond acceptors (Lipinski definition) is 9. The maximum absolute atomic E-state index is 13.4. The summed E-state index contributed by atoms with van der Waals surface area (Å²) in [6.45, 7) is 2.51. The third-order valence-corrected chi connectivity index (χ3v) is 8.25. The highest BCUT2D eigenvalue weighted by atomic mass is 19.1. The van der Waals surface area contributed by atoms with Gasteiger partial charge in [-0.15, -0.1) is 0 Å². The van der Waals surface area contributed by atoms with Crippen LogP contribution in [0.1, 0.15) is 29.0 Å². The number of nitrogens with one attached hydrogen (secondary N) is 1. The summed E-state index contributed by atoms with van der Waals surface area (Å²) in [5, 5.41) is 24.9. The summed E-state index contributed by atoms with van der Waals surface area (Å²) in [4.78, 5) is 0. The zero-order valence-corrected chi connectivity index (χ0v) is 26.9. The number of ether oxygens (including phenoxy) is 6. The Hall–Kier alpha value is -3.77. The molecule has 252 valence electrons. The van der Waals surface area contributed by atoms with Gasteiger partial charge in [0.15, 0.2) is 0 Å². The van der Waals surface area contributed by atoms with Crippen molar-refractivity contribution in [2.75, 3.05) is 53.7 Å². The topological polar surface area (TPSA) is 108 Å². The van der Waals surface area contributed by atoms with E-state index in [1.165, 1.54) is 19.2 Å². The van der Waals surface area contributed by atoms with Crippen LogP contribution in [0.25, 0.3) is 10.8 Å². The molecule has 0 spiro atoms. The summed E-state index contributed by atoms with van der Waals surface area (Å²) in [5.74, 6) is 1.52. The van der Waals surface area contributed by atoms with Crippen LogP contribution >= 0.6 is 0 Å². The van der Waals surface area contributed by atoms with Crippen molar-refractivity contribution >= 4 is 10.8 Å². The average molecular weight is 650 g/mol. The minimum atomic E-state index is -0.959. The van der Waals surface area contributed by atoms with E-state index in [1.807, 2.05) is 48.5 Å². The van der Waals surface area contributed by atoms with Crippen LogP contribution in [-0.4, -0.2) is 82.3 Å². The molecule has 4 aromatic carbocycles. The third-order valence-electron chi connectivity index (χ3n) is 8.25. The van der Waals surface area contributed by atoms with Crippen molar-refractivity contribution in [1.29, 1.82) is 0 Å². The van der Waals surface area contributed by atoms with Gasteiger partial charge in [0.2, 0.25) is 0 Å². The highest BCUT2D eigenvalue weighted by Gasteiger charge is 2.36. The van der Waals surface area contributed by atoms with E-state index in [0.717, 1.165) is 39.0 Å². The molecule has 1 fully saturated rings. The van der Waals surface area contributed by atoms with Gasteiger partial charge in [-0.25, -0.2) is 4.39 Å². The van der Waals surface area contributed by atoms with Crippen LogP contribution in [0.2, 0.25) is 0 Å². The van der Waals surface area contributed by atoms with Gasteiger partial charge >= 0.3 is 0 Å². The highest BCUT2D eigenvalue weighted by molar-refractivity contribution is 5.89. The predicted molar refractivity (Wildman–Crippen MR) is 177 cm³/mol. The molecule has 1 saturated heterocycles. The second-order valence-corrected chi connectivity index (χ2v) is 11.5. The first-order valence-corrected chi connectivity index (χ1v) is 15.9. The minimum absolute atomic E-state index is 0.0190. The molecular formula is C37H44FNO8. The number of methoxy groups -OCH3 is 2.